The number of rotatable bonds is 9. The molecule has 194 valence electrons. The van der Waals surface area contributed by atoms with Gasteiger partial charge in [0.05, 0.1) is 38.5 Å². The summed E-state index contributed by atoms with van der Waals surface area (Å²) in [6.07, 6.45) is 1.55. The Balaban J connectivity index is 1.60. The number of nitrogens with one attached hydrogen (secondary N) is 1. The van der Waals surface area contributed by atoms with Crippen LogP contribution in [0.2, 0.25) is 0 Å². The number of nitrogens with zero attached hydrogens (tertiary/aromatic N) is 3. The predicted molar refractivity (Wildman–Crippen MR) is 150 cm³/mol. The summed E-state index contributed by atoms with van der Waals surface area (Å²) in [5.74, 6) is 1.42. The summed E-state index contributed by atoms with van der Waals surface area (Å²) in [6.45, 7) is 0.263. The summed E-state index contributed by atoms with van der Waals surface area (Å²) < 4.78 is 20.2. The van der Waals surface area contributed by atoms with E-state index in [2.05, 4.69) is 5.32 Å². The second-order valence-electron chi connectivity index (χ2n) is 7.91. The van der Waals surface area contributed by atoms with Gasteiger partial charge in [0.15, 0.2) is 26.3 Å². The van der Waals surface area contributed by atoms with Gasteiger partial charge in [0.1, 0.15) is 10.5 Å². The number of methoxy groups -OCH3 is 2. The van der Waals surface area contributed by atoms with Crippen molar-refractivity contribution in [1.82, 2.24) is 19.4 Å². The standard InChI is InChI=1S/C26H22N4O5S3/c1-33-19-11-10-17(13-20(19)34-2)30-24(32)22-23(29(26(36)38-22)16-7-4-3-5-8-16)28-25(30)37-15-21(31)27-14-18-9-6-12-35-18/h3-13H,14-15H2,1-2H3,(H,27,31). The molecule has 0 saturated carbocycles. The van der Waals surface area contributed by atoms with Crippen molar-refractivity contribution in [2.75, 3.05) is 20.0 Å². The number of thiazole rings is 1. The number of para-hydroxylation sites is 1. The predicted octanol–water partition coefficient (Wildman–Crippen LogP) is 4.99. The third-order valence-electron chi connectivity index (χ3n) is 5.59. The van der Waals surface area contributed by atoms with E-state index in [1.807, 2.05) is 30.3 Å². The first-order valence-electron chi connectivity index (χ1n) is 11.4. The first-order valence-corrected chi connectivity index (χ1v) is 13.6. The van der Waals surface area contributed by atoms with E-state index in [9.17, 15) is 9.59 Å². The van der Waals surface area contributed by atoms with E-state index < -0.39 is 0 Å². The van der Waals surface area contributed by atoms with Gasteiger partial charge in [-0.15, -0.1) is 0 Å². The van der Waals surface area contributed by atoms with Crippen LogP contribution in [0.5, 0.6) is 11.5 Å². The van der Waals surface area contributed by atoms with Gasteiger partial charge in [-0.05, 0) is 48.6 Å². The van der Waals surface area contributed by atoms with Gasteiger partial charge in [-0.1, -0.05) is 41.3 Å². The molecule has 12 heteroatoms. The molecule has 0 unspecified atom stereocenters. The number of carbonyl (C=O) groups excluding carboxylic acids is 1. The van der Waals surface area contributed by atoms with Crippen LogP contribution in [0.25, 0.3) is 21.7 Å². The Kier molecular flexibility index (Phi) is 7.63. The van der Waals surface area contributed by atoms with Crippen molar-refractivity contribution < 1.29 is 18.7 Å². The number of ether oxygens (including phenoxy) is 2. The normalized spacial score (nSPS) is 11.0. The highest BCUT2D eigenvalue weighted by atomic mass is 32.2. The smallest absolute Gasteiger partial charge is 0.278 e. The summed E-state index contributed by atoms with van der Waals surface area (Å²) in [5, 5.41) is 3.15. The number of thioether (sulfide) groups is 1. The van der Waals surface area contributed by atoms with Crippen LogP contribution in [0.1, 0.15) is 5.76 Å². The molecule has 1 N–H and O–H groups in total. The lowest BCUT2D eigenvalue weighted by atomic mass is 10.2. The van der Waals surface area contributed by atoms with E-state index >= 15 is 0 Å². The first kappa shape index (κ1) is 25.8. The van der Waals surface area contributed by atoms with Crippen molar-refractivity contribution in [3.8, 4) is 22.9 Å². The molecule has 0 saturated heterocycles. The number of aromatic nitrogens is 3. The molecule has 0 aliphatic carbocycles. The van der Waals surface area contributed by atoms with Crippen LogP contribution >= 0.6 is 35.3 Å². The zero-order valence-electron chi connectivity index (χ0n) is 20.4. The Hall–Kier alpha value is -3.87. The van der Waals surface area contributed by atoms with Crippen molar-refractivity contribution in [1.29, 1.82) is 0 Å². The molecule has 0 bridgehead atoms. The molecule has 0 fully saturated rings. The van der Waals surface area contributed by atoms with Crippen molar-refractivity contribution >= 4 is 51.6 Å². The Labute approximate surface area is 230 Å². The maximum atomic E-state index is 13.9. The molecule has 0 aliphatic heterocycles. The molecular formula is C26H22N4O5S3. The molecular weight excluding hydrogens is 545 g/mol. The Morgan fingerprint density at radius 2 is 1.84 bits per heavy atom. The minimum Gasteiger partial charge on any atom is -0.493 e. The Morgan fingerprint density at radius 3 is 2.55 bits per heavy atom. The Bertz CT molecular complexity index is 1710. The number of fused-ring (bicyclic) bond motifs is 1. The van der Waals surface area contributed by atoms with Crippen molar-refractivity contribution in [2.45, 2.75) is 11.7 Å². The number of carbonyl (C=O) groups is 1. The molecule has 0 atom stereocenters. The zero-order valence-corrected chi connectivity index (χ0v) is 22.8. The fraction of sp³-hybridized carbons (Fsp3) is 0.154. The summed E-state index contributed by atoms with van der Waals surface area (Å²) in [7, 11) is 3.06. The van der Waals surface area contributed by atoms with Crippen LogP contribution in [0.4, 0.5) is 0 Å². The average Bonchev–Trinajstić information content (AvgIpc) is 3.58. The van der Waals surface area contributed by atoms with Gasteiger partial charge in [-0.3, -0.25) is 18.7 Å². The lowest BCUT2D eigenvalue weighted by molar-refractivity contribution is -0.118. The van der Waals surface area contributed by atoms with Crippen molar-refractivity contribution in [3.05, 3.63) is 87.0 Å². The van der Waals surface area contributed by atoms with Gasteiger partial charge in [-0.2, -0.15) is 0 Å². The van der Waals surface area contributed by atoms with E-state index in [0.29, 0.717) is 42.4 Å². The highest BCUT2D eigenvalue weighted by molar-refractivity contribution is 7.99. The minimum absolute atomic E-state index is 0.0299. The van der Waals surface area contributed by atoms with Gasteiger partial charge < -0.3 is 19.2 Å². The fourth-order valence-corrected chi connectivity index (χ4v) is 5.95. The molecule has 1 amide bonds. The molecule has 0 aliphatic rings. The second kappa shape index (κ2) is 11.3. The van der Waals surface area contributed by atoms with Gasteiger partial charge in [-0.25, -0.2) is 4.98 Å². The number of amides is 1. The van der Waals surface area contributed by atoms with Gasteiger partial charge >= 0.3 is 0 Å². The van der Waals surface area contributed by atoms with E-state index in [1.54, 1.807) is 48.3 Å². The zero-order chi connectivity index (χ0) is 26.6. The summed E-state index contributed by atoms with van der Waals surface area (Å²) in [4.78, 5) is 31.4. The maximum absolute atomic E-state index is 13.9. The van der Waals surface area contributed by atoms with E-state index in [0.717, 1.165) is 17.4 Å². The van der Waals surface area contributed by atoms with Gasteiger partial charge in [0, 0.05) is 11.8 Å². The third kappa shape index (κ3) is 5.10. The van der Waals surface area contributed by atoms with Crippen molar-refractivity contribution in [3.63, 3.8) is 0 Å². The fourth-order valence-electron chi connectivity index (χ4n) is 3.81. The van der Waals surface area contributed by atoms with E-state index in [4.69, 9.17) is 31.1 Å². The van der Waals surface area contributed by atoms with Crippen LogP contribution in [-0.2, 0) is 11.3 Å². The molecule has 5 rings (SSSR count). The lowest BCUT2D eigenvalue weighted by Gasteiger charge is -2.15. The quantitative estimate of drug-likeness (QED) is 0.151. The monoisotopic (exact) mass is 566 g/mol. The number of hydrogen-bond donors (Lipinski definition) is 1. The largest absolute Gasteiger partial charge is 0.493 e. The van der Waals surface area contributed by atoms with Crippen LogP contribution < -0.4 is 20.3 Å². The Morgan fingerprint density at radius 1 is 1.05 bits per heavy atom. The highest BCUT2D eigenvalue weighted by Crippen LogP contribution is 2.32. The molecule has 3 aromatic heterocycles. The van der Waals surface area contributed by atoms with Crippen LogP contribution in [0, 0.1) is 3.95 Å². The molecule has 0 radical (unpaired) electrons. The van der Waals surface area contributed by atoms with Gasteiger partial charge in [0.25, 0.3) is 5.56 Å². The van der Waals surface area contributed by atoms with E-state index in [-0.39, 0.29) is 23.8 Å². The number of hydrogen-bond acceptors (Lipinski definition) is 9. The molecule has 38 heavy (non-hydrogen) atoms. The second-order valence-corrected chi connectivity index (χ2v) is 10.5. The van der Waals surface area contributed by atoms with Crippen LogP contribution in [0.15, 0.2) is 81.3 Å². The molecule has 2 aromatic carbocycles. The molecule has 5 aromatic rings. The SMILES string of the molecule is COc1ccc(-n2c(SCC(=O)NCc3ccco3)nc3c(sc(=S)n3-c3ccccc3)c2=O)cc1OC. The molecule has 9 nitrogen and oxygen atoms in total. The maximum Gasteiger partial charge on any atom is 0.278 e. The first-order chi connectivity index (χ1) is 18.5. The third-order valence-corrected chi connectivity index (χ3v) is 7.88. The summed E-state index contributed by atoms with van der Waals surface area (Å²) in [5.41, 5.74) is 1.45. The number of benzene rings is 2. The number of furan rings is 1. The van der Waals surface area contributed by atoms with E-state index in [1.165, 1.54) is 23.0 Å². The van der Waals surface area contributed by atoms with Crippen molar-refractivity contribution in [2.24, 2.45) is 0 Å². The summed E-state index contributed by atoms with van der Waals surface area (Å²) in [6, 6.07) is 18.2. The average molecular weight is 567 g/mol. The van der Waals surface area contributed by atoms with Gasteiger partial charge in [0.2, 0.25) is 5.91 Å². The molecule has 3 heterocycles. The van der Waals surface area contributed by atoms with Crippen LogP contribution in [0.3, 0.4) is 0 Å². The van der Waals surface area contributed by atoms with Crippen LogP contribution in [-0.4, -0.2) is 40.0 Å². The minimum atomic E-state index is -0.300. The topological polar surface area (TPSA) is 101 Å². The lowest BCUT2D eigenvalue weighted by Crippen LogP contribution is -2.26. The molecule has 0 spiro atoms. The highest BCUT2D eigenvalue weighted by Gasteiger charge is 2.21. The summed E-state index contributed by atoms with van der Waals surface area (Å²) >= 11 is 7.97.